The molecule has 1 heterocycles. The van der Waals surface area contributed by atoms with Crippen molar-refractivity contribution < 1.29 is 33.7 Å². The number of fused-ring (bicyclic) bond motifs is 5. The zero-order valence-electron chi connectivity index (χ0n) is 19.3. The Morgan fingerprint density at radius 2 is 1.74 bits per heavy atom. The molecule has 0 aromatic carbocycles. The highest BCUT2D eigenvalue weighted by molar-refractivity contribution is 5.94. The van der Waals surface area contributed by atoms with Crippen LogP contribution in [0, 0.1) is 28.1 Å². The first-order valence-electron chi connectivity index (χ1n) is 11.2. The van der Waals surface area contributed by atoms with Crippen LogP contribution in [-0.2, 0) is 28.6 Å². The number of ether oxygens (including phenoxy) is 3. The topological polar surface area (TPSA) is 99.1 Å². The maximum Gasteiger partial charge on any atom is 0.337 e. The van der Waals surface area contributed by atoms with Gasteiger partial charge in [-0.1, -0.05) is 34.1 Å². The molecule has 4 aliphatic rings. The van der Waals surface area contributed by atoms with E-state index in [2.05, 4.69) is 20.8 Å². The molecule has 7 heteroatoms. The molecule has 0 aromatic heterocycles. The summed E-state index contributed by atoms with van der Waals surface area (Å²) in [5, 5.41) is 12.0. The van der Waals surface area contributed by atoms with Crippen LogP contribution < -0.4 is 0 Å². The first kappa shape index (κ1) is 22.3. The van der Waals surface area contributed by atoms with Gasteiger partial charge >= 0.3 is 17.9 Å². The second-order valence-corrected chi connectivity index (χ2v) is 11.1. The van der Waals surface area contributed by atoms with Crippen molar-refractivity contribution in [3.05, 3.63) is 11.6 Å². The summed E-state index contributed by atoms with van der Waals surface area (Å²) in [6.45, 7) is 11.1. The zero-order valence-corrected chi connectivity index (χ0v) is 19.3. The molecule has 1 saturated heterocycles. The molecule has 7 atom stereocenters. The Morgan fingerprint density at radius 1 is 1.10 bits per heavy atom. The van der Waals surface area contributed by atoms with E-state index >= 15 is 0 Å². The van der Waals surface area contributed by atoms with Gasteiger partial charge in [-0.15, -0.1) is 0 Å². The van der Waals surface area contributed by atoms with E-state index in [9.17, 15) is 19.5 Å². The lowest BCUT2D eigenvalue weighted by molar-refractivity contribution is -0.268. The molecule has 3 fully saturated rings. The van der Waals surface area contributed by atoms with Gasteiger partial charge in [0, 0.05) is 25.2 Å². The lowest BCUT2D eigenvalue weighted by atomic mass is 9.38. The summed E-state index contributed by atoms with van der Waals surface area (Å²) in [7, 11) is 0. The Hall–Kier alpha value is -1.89. The Kier molecular flexibility index (Phi) is 4.90. The molecular formula is C24H34O7. The van der Waals surface area contributed by atoms with E-state index in [1.807, 2.05) is 6.92 Å². The molecule has 7 nitrogen and oxygen atoms in total. The predicted molar refractivity (Wildman–Crippen MR) is 111 cm³/mol. The van der Waals surface area contributed by atoms with E-state index < -0.39 is 41.1 Å². The molecule has 0 amide bonds. The van der Waals surface area contributed by atoms with Gasteiger partial charge in [0.05, 0.1) is 5.57 Å². The van der Waals surface area contributed by atoms with Crippen molar-refractivity contribution in [3.8, 4) is 0 Å². The predicted octanol–water partition coefficient (Wildman–Crippen LogP) is 2.94. The van der Waals surface area contributed by atoms with Crippen molar-refractivity contribution in [2.75, 3.05) is 6.61 Å². The van der Waals surface area contributed by atoms with Crippen LogP contribution in [0.4, 0.5) is 0 Å². The van der Waals surface area contributed by atoms with Crippen molar-refractivity contribution in [3.63, 3.8) is 0 Å². The third kappa shape index (κ3) is 2.91. The molecular weight excluding hydrogens is 400 g/mol. The summed E-state index contributed by atoms with van der Waals surface area (Å²) >= 11 is 0. The number of cyclic esters (lactones) is 1. The molecule has 0 unspecified atom stereocenters. The van der Waals surface area contributed by atoms with Crippen molar-refractivity contribution in [1.82, 2.24) is 0 Å². The van der Waals surface area contributed by atoms with Gasteiger partial charge in [0.2, 0.25) is 0 Å². The zero-order chi connectivity index (χ0) is 23.0. The Labute approximate surface area is 183 Å². The lowest BCUT2D eigenvalue weighted by Crippen LogP contribution is -2.72. The summed E-state index contributed by atoms with van der Waals surface area (Å²) < 4.78 is 17.0. The number of hydrogen-bond donors (Lipinski definition) is 1. The molecule has 172 valence electrons. The summed E-state index contributed by atoms with van der Waals surface area (Å²) in [5.41, 5.74) is -2.89. The van der Waals surface area contributed by atoms with Crippen LogP contribution in [0.25, 0.3) is 0 Å². The number of aliphatic hydroxyl groups is 1. The van der Waals surface area contributed by atoms with Crippen molar-refractivity contribution >= 4 is 17.9 Å². The minimum atomic E-state index is -1.62. The fraction of sp³-hybridized carbons (Fsp3) is 0.792. The summed E-state index contributed by atoms with van der Waals surface area (Å²) in [5.74, 6) is -1.67. The van der Waals surface area contributed by atoms with Crippen molar-refractivity contribution in [2.45, 2.75) is 85.0 Å². The van der Waals surface area contributed by atoms with Gasteiger partial charge in [0.15, 0.2) is 0 Å². The van der Waals surface area contributed by atoms with Crippen LogP contribution in [0.2, 0.25) is 0 Å². The van der Waals surface area contributed by atoms with Gasteiger partial charge in [-0.05, 0) is 42.1 Å². The summed E-state index contributed by atoms with van der Waals surface area (Å²) in [4.78, 5) is 36.8. The highest BCUT2D eigenvalue weighted by Crippen LogP contribution is 2.70. The third-order valence-electron chi connectivity index (χ3n) is 8.99. The average molecular weight is 435 g/mol. The number of carbonyl (C=O) groups is 3. The molecule has 3 aliphatic carbocycles. The van der Waals surface area contributed by atoms with Gasteiger partial charge < -0.3 is 19.3 Å². The highest BCUT2D eigenvalue weighted by Gasteiger charge is 2.75. The largest absolute Gasteiger partial charge is 0.462 e. The lowest BCUT2D eigenvalue weighted by Gasteiger charge is -2.68. The monoisotopic (exact) mass is 434 g/mol. The number of carbonyl (C=O) groups excluding carboxylic acids is 3. The van der Waals surface area contributed by atoms with Crippen LogP contribution in [0.15, 0.2) is 11.6 Å². The smallest absolute Gasteiger partial charge is 0.337 e. The molecule has 31 heavy (non-hydrogen) atoms. The molecule has 0 bridgehead atoms. The van der Waals surface area contributed by atoms with E-state index in [0.29, 0.717) is 6.42 Å². The first-order valence-corrected chi connectivity index (χ1v) is 11.2. The molecule has 1 N–H and O–H groups in total. The maximum atomic E-state index is 12.6. The van der Waals surface area contributed by atoms with Gasteiger partial charge in [0.25, 0.3) is 0 Å². The molecule has 0 spiro atoms. The normalized spacial score (nSPS) is 45.4. The fourth-order valence-electron chi connectivity index (χ4n) is 7.78. The minimum absolute atomic E-state index is 0.0118. The quantitative estimate of drug-likeness (QED) is 0.527. The van der Waals surface area contributed by atoms with E-state index in [0.717, 1.165) is 19.3 Å². The second kappa shape index (κ2) is 6.80. The molecule has 0 aromatic rings. The van der Waals surface area contributed by atoms with E-state index in [1.165, 1.54) is 13.8 Å². The first-order chi connectivity index (χ1) is 14.3. The van der Waals surface area contributed by atoms with Gasteiger partial charge in [0.1, 0.15) is 24.4 Å². The van der Waals surface area contributed by atoms with E-state index in [4.69, 9.17) is 14.2 Å². The maximum absolute atomic E-state index is 12.6. The summed E-state index contributed by atoms with van der Waals surface area (Å²) in [6.07, 6.45) is 3.77. The van der Waals surface area contributed by atoms with Gasteiger partial charge in [-0.25, -0.2) is 4.79 Å². The molecule has 1 aliphatic heterocycles. The highest BCUT2D eigenvalue weighted by atomic mass is 16.6. The van der Waals surface area contributed by atoms with Crippen LogP contribution >= 0.6 is 0 Å². The second-order valence-electron chi connectivity index (χ2n) is 11.1. The van der Waals surface area contributed by atoms with Gasteiger partial charge in [-0.3, -0.25) is 9.59 Å². The van der Waals surface area contributed by atoms with Crippen molar-refractivity contribution in [1.29, 1.82) is 0 Å². The number of hydrogen-bond acceptors (Lipinski definition) is 7. The van der Waals surface area contributed by atoms with E-state index in [1.54, 1.807) is 6.08 Å². The minimum Gasteiger partial charge on any atom is -0.462 e. The average Bonchev–Trinajstić information content (AvgIpc) is 2.92. The number of esters is 3. The molecule has 0 radical (unpaired) electrons. The van der Waals surface area contributed by atoms with Crippen LogP contribution in [0.1, 0.15) is 67.2 Å². The summed E-state index contributed by atoms with van der Waals surface area (Å²) in [6, 6.07) is 0. The van der Waals surface area contributed by atoms with E-state index in [-0.39, 0.29) is 34.8 Å². The SMILES string of the molecule is CC(=O)O[C@H]1C=C2C(=O)OC[C@@]2(O)[C@]2(C)[C@@H](OC(C)=O)C[C@H]3C(C)(C)CCC[C@]3(C)[C@@H]12. The van der Waals surface area contributed by atoms with Crippen LogP contribution in [0.3, 0.4) is 0 Å². The fourth-order valence-corrected chi connectivity index (χ4v) is 7.78. The molecule has 2 saturated carbocycles. The third-order valence-corrected chi connectivity index (χ3v) is 8.99. The van der Waals surface area contributed by atoms with Crippen LogP contribution in [0.5, 0.6) is 0 Å². The van der Waals surface area contributed by atoms with Crippen molar-refractivity contribution in [2.24, 2.45) is 28.1 Å². The Bertz CT molecular complexity index is 860. The standard InChI is InChI=1S/C24H34O7/c1-13(25)30-16-10-15-20(27)29-12-24(15,28)23(6)18(31-14(2)26)11-17-21(3,4)8-7-9-22(17,5)19(16)23/h10,16-19,28H,7-9,11-12H2,1-6H3/t16-,17-,18-,19+,22-,23+,24-/m0/s1. The Balaban J connectivity index is 1.97. The van der Waals surface area contributed by atoms with Crippen LogP contribution in [-0.4, -0.2) is 47.4 Å². The van der Waals surface area contributed by atoms with Gasteiger partial charge in [-0.2, -0.15) is 0 Å². The molecule has 4 rings (SSSR count). The number of rotatable bonds is 2. The Morgan fingerprint density at radius 3 is 2.35 bits per heavy atom.